The highest BCUT2D eigenvalue weighted by Gasteiger charge is 2.52. The molecule has 0 aliphatic carbocycles. The fourth-order valence-electron chi connectivity index (χ4n) is 2.46. The van der Waals surface area contributed by atoms with Gasteiger partial charge in [0.25, 0.3) is 5.56 Å². The maximum Gasteiger partial charge on any atom is 0.330 e. The number of halogens is 3. The zero-order chi connectivity index (χ0) is 15.1. The lowest BCUT2D eigenvalue weighted by Gasteiger charge is -2.29. The van der Waals surface area contributed by atoms with E-state index in [1.165, 1.54) is 0 Å². The van der Waals surface area contributed by atoms with Crippen LogP contribution in [0.25, 0.3) is 0 Å². The SMILES string of the molecule is CC[C@@]1(CBr)O[C@@H](n2cc(F)c(=O)[nH]c2=O)[C@@H](F)[C@@H]1C. The number of ether oxygens (including phenoxy) is 1. The number of nitrogens with zero attached hydrogens (tertiary/aromatic N) is 1. The minimum Gasteiger partial charge on any atom is -0.347 e. The summed E-state index contributed by atoms with van der Waals surface area (Å²) in [5, 5.41) is 0.398. The topological polar surface area (TPSA) is 64.1 Å². The Hall–Kier alpha value is -1.02. The summed E-state index contributed by atoms with van der Waals surface area (Å²) in [6, 6.07) is 0. The van der Waals surface area contributed by atoms with Crippen LogP contribution in [0.15, 0.2) is 15.8 Å². The van der Waals surface area contributed by atoms with Crippen LogP contribution in [0.5, 0.6) is 0 Å². The Morgan fingerprint density at radius 1 is 1.55 bits per heavy atom. The molecule has 0 unspecified atom stereocenters. The van der Waals surface area contributed by atoms with Crippen molar-refractivity contribution in [1.82, 2.24) is 9.55 Å². The second-order valence-corrected chi connectivity index (χ2v) is 5.50. The molecule has 112 valence electrons. The summed E-state index contributed by atoms with van der Waals surface area (Å²) in [4.78, 5) is 24.5. The van der Waals surface area contributed by atoms with Crippen LogP contribution >= 0.6 is 15.9 Å². The van der Waals surface area contributed by atoms with E-state index in [-0.39, 0.29) is 0 Å². The molecule has 0 bridgehead atoms. The van der Waals surface area contributed by atoms with Gasteiger partial charge >= 0.3 is 5.69 Å². The van der Waals surface area contributed by atoms with E-state index >= 15 is 0 Å². The van der Waals surface area contributed by atoms with Gasteiger partial charge in [0.1, 0.15) is 0 Å². The summed E-state index contributed by atoms with van der Waals surface area (Å²) in [6.07, 6.45) is -1.50. The number of nitrogens with one attached hydrogen (secondary N) is 1. The van der Waals surface area contributed by atoms with Crippen LogP contribution in [-0.2, 0) is 4.74 Å². The van der Waals surface area contributed by atoms with Crippen LogP contribution in [0.4, 0.5) is 8.78 Å². The predicted octanol–water partition coefficient (Wildman–Crippen LogP) is 1.72. The summed E-state index contributed by atoms with van der Waals surface area (Å²) < 4.78 is 34.2. The third-order valence-corrected chi connectivity index (χ3v) is 4.91. The molecular weight excluding hydrogens is 338 g/mol. The quantitative estimate of drug-likeness (QED) is 0.842. The van der Waals surface area contributed by atoms with Crippen molar-refractivity contribution in [2.45, 2.75) is 38.3 Å². The van der Waals surface area contributed by atoms with Crippen molar-refractivity contribution in [3.63, 3.8) is 0 Å². The second kappa shape index (κ2) is 5.40. The maximum atomic E-state index is 14.4. The minimum absolute atomic E-state index is 0.398. The van der Waals surface area contributed by atoms with E-state index in [1.807, 2.05) is 6.92 Å². The molecule has 4 atom stereocenters. The van der Waals surface area contributed by atoms with Gasteiger partial charge in [-0.25, -0.2) is 9.18 Å². The van der Waals surface area contributed by atoms with Crippen molar-refractivity contribution in [3.8, 4) is 0 Å². The van der Waals surface area contributed by atoms with E-state index in [0.717, 1.165) is 4.57 Å². The van der Waals surface area contributed by atoms with Gasteiger partial charge in [-0.15, -0.1) is 0 Å². The largest absolute Gasteiger partial charge is 0.347 e. The molecular formula is C12H15BrF2N2O3. The molecule has 20 heavy (non-hydrogen) atoms. The minimum atomic E-state index is -1.48. The number of alkyl halides is 2. The van der Waals surface area contributed by atoms with E-state index in [1.54, 1.807) is 11.9 Å². The molecule has 8 heteroatoms. The molecule has 0 aromatic carbocycles. The first-order valence-corrected chi connectivity index (χ1v) is 7.37. The van der Waals surface area contributed by atoms with Gasteiger partial charge in [-0.3, -0.25) is 14.3 Å². The third kappa shape index (κ3) is 2.24. The van der Waals surface area contributed by atoms with Crippen LogP contribution in [0.1, 0.15) is 26.5 Å². The van der Waals surface area contributed by atoms with Gasteiger partial charge in [0.2, 0.25) is 5.82 Å². The number of aromatic amines is 1. The van der Waals surface area contributed by atoms with Crippen LogP contribution in [0, 0.1) is 11.7 Å². The van der Waals surface area contributed by atoms with Gasteiger partial charge in [-0.05, 0) is 6.42 Å². The summed E-state index contributed by atoms with van der Waals surface area (Å²) in [7, 11) is 0. The monoisotopic (exact) mass is 352 g/mol. The van der Waals surface area contributed by atoms with Crippen molar-refractivity contribution in [1.29, 1.82) is 0 Å². The molecule has 5 nitrogen and oxygen atoms in total. The zero-order valence-electron chi connectivity index (χ0n) is 11.0. The van der Waals surface area contributed by atoms with Gasteiger partial charge in [-0.2, -0.15) is 4.39 Å². The van der Waals surface area contributed by atoms with Crippen molar-refractivity contribution < 1.29 is 13.5 Å². The first-order valence-electron chi connectivity index (χ1n) is 6.25. The predicted molar refractivity (Wildman–Crippen MR) is 72.3 cm³/mol. The highest BCUT2D eigenvalue weighted by Crippen LogP contribution is 2.45. The molecule has 2 heterocycles. The van der Waals surface area contributed by atoms with E-state index in [9.17, 15) is 18.4 Å². The van der Waals surface area contributed by atoms with Gasteiger partial charge in [-0.1, -0.05) is 29.8 Å². The van der Waals surface area contributed by atoms with Gasteiger partial charge in [0.05, 0.1) is 11.8 Å². The van der Waals surface area contributed by atoms with Crippen molar-refractivity contribution in [2.75, 3.05) is 5.33 Å². The van der Waals surface area contributed by atoms with E-state index < -0.39 is 41.0 Å². The normalized spacial score (nSPS) is 33.5. The lowest BCUT2D eigenvalue weighted by molar-refractivity contribution is -0.0777. The molecule has 1 aromatic rings. The Balaban J connectivity index is 2.47. The Labute approximate surface area is 122 Å². The lowest BCUT2D eigenvalue weighted by atomic mass is 9.87. The molecule has 0 spiro atoms. The smallest absolute Gasteiger partial charge is 0.330 e. The number of hydrogen-bond acceptors (Lipinski definition) is 3. The fourth-order valence-corrected chi connectivity index (χ4v) is 3.50. The summed E-state index contributed by atoms with van der Waals surface area (Å²) in [5.74, 6) is -1.63. The standard InChI is InChI=1S/C12H15BrF2N2O3/c1-3-12(5-13)6(2)8(15)10(20-12)17-4-7(14)9(18)16-11(17)19/h4,6,8,10H,3,5H2,1-2H3,(H,16,18,19)/t6-,8-,10+,12-/m0/s1. The first kappa shape index (κ1) is 15.4. The van der Waals surface area contributed by atoms with Gasteiger partial charge < -0.3 is 4.74 Å². The fraction of sp³-hybridized carbons (Fsp3) is 0.667. The first-order chi connectivity index (χ1) is 9.36. The van der Waals surface area contributed by atoms with E-state index in [0.29, 0.717) is 17.9 Å². The Morgan fingerprint density at radius 3 is 2.70 bits per heavy atom. The van der Waals surface area contributed by atoms with E-state index in [4.69, 9.17) is 4.74 Å². The summed E-state index contributed by atoms with van der Waals surface area (Å²) in [6.45, 7) is 3.53. The number of hydrogen-bond donors (Lipinski definition) is 1. The van der Waals surface area contributed by atoms with Gasteiger partial charge in [0.15, 0.2) is 12.4 Å². The van der Waals surface area contributed by atoms with Crippen molar-refractivity contribution in [3.05, 3.63) is 32.9 Å². The van der Waals surface area contributed by atoms with E-state index in [2.05, 4.69) is 15.9 Å². The number of aromatic nitrogens is 2. The Morgan fingerprint density at radius 2 is 2.20 bits per heavy atom. The van der Waals surface area contributed by atoms with Crippen LogP contribution < -0.4 is 11.2 Å². The molecule has 0 radical (unpaired) electrons. The molecule has 1 fully saturated rings. The molecule has 2 rings (SSSR count). The molecule has 0 saturated carbocycles. The molecule has 1 aliphatic heterocycles. The van der Waals surface area contributed by atoms with Gasteiger partial charge in [0, 0.05) is 11.2 Å². The number of rotatable bonds is 3. The molecule has 0 amide bonds. The molecule has 1 saturated heterocycles. The summed E-state index contributed by atoms with van der Waals surface area (Å²) in [5.41, 5.74) is -2.79. The highest BCUT2D eigenvalue weighted by atomic mass is 79.9. The molecule has 1 N–H and O–H groups in total. The Bertz CT molecular complexity index is 611. The summed E-state index contributed by atoms with van der Waals surface area (Å²) >= 11 is 3.30. The van der Waals surface area contributed by atoms with Crippen LogP contribution in [-0.4, -0.2) is 26.7 Å². The highest BCUT2D eigenvalue weighted by molar-refractivity contribution is 9.09. The lowest BCUT2D eigenvalue weighted by Crippen LogP contribution is -2.37. The average Bonchev–Trinajstić information content (AvgIpc) is 2.68. The maximum absolute atomic E-state index is 14.4. The second-order valence-electron chi connectivity index (χ2n) is 4.94. The Kier molecular flexibility index (Phi) is 4.15. The van der Waals surface area contributed by atoms with Crippen LogP contribution in [0.2, 0.25) is 0 Å². The van der Waals surface area contributed by atoms with Crippen molar-refractivity contribution >= 4 is 15.9 Å². The van der Waals surface area contributed by atoms with Crippen molar-refractivity contribution in [2.24, 2.45) is 5.92 Å². The van der Waals surface area contributed by atoms with Crippen LogP contribution in [0.3, 0.4) is 0 Å². The zero-order valence-corrected chi connectivity index (χ0v) is 12.6. The molecule has 1 aromatic heterocycles. The molecule has 1 aliphatic rings. The number of H-pyrrole nitrogens is 1. The average molecular weight is 353 g/mol. The third-order valence-electron chi connectivity index (χ3n) is 3.96.